The number of hydrogen-bond donors (Lipinski definition) is 0. The van der Waals surface area contributed by atoms with Gasteiger partial charge in [0.2, 0.25) is 0 Å². The van der Waals surface area contributed by atoms with E-state index >= 15 is 0 Å². The van der Waals surface area contributed by atoms with Gasteiger partial charge in [-0.1, -0.05) is 206 Å². The predicted octanol–water partition coefficient (Wildman–Crippen LogP) is 17.6. The molecule has 0 N–H and O–H groups in total. The Morgan fingerprint density at radius 1 is 0.206 bits per heavy atom. The van der Waals surface area contributed by atoms with Crippen molar-refractivity contribution in [2.75, 3.05) is 4.90 Å². The van der Waals surface area contributed by atoms with Gasteiger partial charge in [0.15, 0.2) is 0 Å². The van der Waals surface area contributed by atoms with Gasteiger partial charge in [0, 0.05) is 16.8 Å². The molecule has 0 heterocycles. The minimum absolute atomic E-state index is 1.10. The fourth-order valence-corrected chi connectivity index (χ4v) is 9.80. The van der Waals surface area contributed by atoms with Gasteiger partial charge in [-0.15, -0.1) is 0 Å². The van der Waals surface area contributed by atoms with E-state index in [0.29, 0.717) is 0 Å². The van der Waals surface area contributed by atoms with Gasteiger partial charge >= 0.3 is 0 Å². The van der Waals surface area contributed by atoms with Crippen molar-refractivity contribution in [3.05, 3.63) is 249 Å². The van der Waals surface area contributed by atoms with Gasteiger partial charge < -0.3 is 4.90 Å². The Labute approximate surface area is 367 Å². The summed E-state index contributed by atoms with van der Waals surface area (Å²) in [6.45, 7) is 0. The van der Waals surface area contributed by atoms with Crippen LogP contribution in [0, 0.1) is 0 Å². The average molecular weight is 800 g/mol. The standard InChI is InChI=1S/C62H41N/c1-3-16-46(17-4-1)61-58-23-12-11-22-55(58)56-38-33-50(41-59(56)62(61)47-18-5-2-6-19-47)44-30-36-52(37-31-44)63(60-25-13-24-54-53-21-10-9-15-45(53)32-39-57(54)60)51-34-28-43(29-35-51)49-27-26-42-14-7-8-20-48(42)40-49/h1-41H. The summed E-state index contributed by atoms with van der Waals surface area (Å²) in [5.74, 6) is 0. The quantitative estimate of drug-likeness (QED) is 0.145. The minimum atomic E-state index is 1.10. The summed E-state index contributed by atoms with van der Waals surface area (Å²) < 4.78 is 0. The third-order valence-electron chi connectivity index (χ3n) is 12.8. The van der Waals surface area contributed by atoms with Gasteiger partial charge in [-0.25, -0.2) is 0 Å². The minimum Gasteiger partial charge on any atom is -0.310 e. The average Bonchev–Trinajstić information content (AvgIpc) is 3.36. The van der Waals surface area contributed by atoms with E-state index in [9.17, 15) is 0 Å². The van der Waals surface area contributed by atoms with E-state index in [-0.39, 0.29) is 0 Å². The molecule has 0 unspecified atom stereocenters. The van der Waals surface area contributed by atoms with Crippen LogP contribution >= 0.6 is 0 Å². The van der Waals surface area contributed by atoms with E-state index < -0.39 is 0 Å². The Balaban J connectivity index is 1.01. The Bertz CT molecular complexity index is 3650. The molecule has 0 spiro atoms. The summed E-state index contributed by atoms with van der Waals surface area (Å²) in [5.41, 5.74) is 13.1. The van der Waals surface area contributed by atoms with E-state index in [0.717, 1.165) is 17.1 Å². The van der Waals surface area contributed by atoms with E-state index in [1.54, 1.807) is 0 Å². The van der Waals surface area contributed by atoms with Crippen LogP contribution in [0.1, 0.15) is 0 Å². The molecule has 12 aromatic rings. The van der Waals surface area contributed by atoms with E-state index in [1.165, 1.54) is 98.4 Å². The van der Waals surface area contributed by atoms with E-state index in [1.807, 2.05) is 0 Å². The highest BCUT2D eigenvalue weighted by Gasteiger charge is 2.20. The van der Waals surface area contributed by atoms with Crippen molar-refractivity contribution in [2.45, 2.75) is 0 Å². The molecule has 0 aromatic heterocycles. The van der Waals surface area contributed by atoms with Crippen molar-refractivity contribution < 1.29 is 0 Å². The Morgan fingerprint density at radius 2 is 0.651 bits per heavy atom. The number of hydrogen-bond acceptors (Lipinski definition) is 1. The maximum atomic E-state index is 2.41. The zero-order chi connectivity index (χ0) is 41.7. The number of benzene rings is 12. The molecule has 1 nitrogen and oxygen atoms in total. The fourth-order valence-electron chi connectivity index (χ4n) is 9.80. The molecule has 294 valence electrons. The fraction of sp³-hybridized carbons (Fsp3) is 0. The zero-order valence-corrected chi connectivity index (χ0v) is 34.6. The van der Waals surface area contributed by atoms with E-state index in [4.69, 9.17) is 0 Å². The molecule has 0 aliphatic carbocycles. The first-order valence-corrected chi connectivity index (χ1v) is 21.7. The number of nitrogens with zero attached hydrogens (tertiary/aromatic N) is 1. The molecule has 0 atom stereocenters. The number of anilines is 3. The second kappa shape index (κ2) is 15.3. The van der Waals surface area contributed by atoms with E-state index in [2.05, 4.69) is 254 Å². The number of rotatable bonds is 7. The van der Waals surface area contributed by atoms with Gasteiger partial charge in [-0.05, 0) is 135 Å². The first-order valence-electron chi connectivity index (χ1n) is 21.7. The second-order valence-corrected chi connectivity index (χ2v) is 16.4. The topological polar surface area (TPSA) is 3.24 Å². The first-order chi connectivity index (χ1) is 31.2. The van der Waals surface area contributed by atoms with Crippen LogP contribution in [0.15, 0.2) is 249 Å². The summed E-state index contributed by atoms with van der Waals surface area (Å²) in [6, 6.07) is 91.0. The third-order valence-corrected chi connectivity index (χ3v) is 12.8. The molecule has 0 saturated heterocycles. The Hall–Kier alpha value is -8.26. The molecular weight excluding hydrogens is 759 g/mol. The second-order valence-electron chi connectivity index (χ2n) is 16.4. The SMILES string of the molecule is c1ccc(-c2c(-c3ccccc3)c3cc(-c4ccc(N(c5ccc(-c6ccc7ccccc7c6)cc5)c5cccc6c5ccc5ccccc56)cc4)ccc3c3ccccc23)cc1. The molecular formula is C62H41N. The van der Waals surface area contributed by atoms with Crippen LogP contribution in [0.25, 0.3) is 98.4 Å². The molecule has 0 bridgehead atoms. The molecule has 0 fully saturated rings. The Kier molecular flexibility index (Phi) is 8.90. The van der Waals surface area contributed by atoms with Crippen molar-refractivity contribution in [2.24, 2.45) is 0 Å². The van der Waals surface area contributed by atoms with Crippen molar-refractivity contribution in [3.8, 4) is 44.5 Å². The van der Waals surface area contributed by atoms with Gasteiger partial charge in [0.1, 0.15) is 0 Å². The maximum Gasteiger partial charge on any atom is 0.0540 e. The summed E-state index contributed by atoms with van der Waals surface area (Å²) in [7, 11) is 0. The molecule has 0 saturated carbocycles. The summed E-state index contributed by atoms with van der Waals surface area (Å²) in [4.78, 5) is 2.41. The monoisotopic (exact) mass is 799 g/mol. The normalized spacial score (nSPS) is 11.5. The first kappa shape index (κ1) is 36.6. The molecule has 12 aromatic carbocycles. The molecule has 0 amide bonds. The van der Waals surface area contributed by atoms with Gasteiger partial charge in [-0.2, -0.15) is 0 Å². The lowest BCUT2D eigenvalue weighted by Crippen LogP contribution is -2.10. The largest absolute Gasteiger partial charge is 0.310 e. The summed E-state index contributed by atoms with van der Waals surface area (Å²) in [5, 5.41) is 12.5. The lowest BCUT2D eigenvalue weighted by atomic mass is 9.84. The van der Waals surface area contributed by atoms with Gasteiger partial charge in [-0.3, -0.25) is 0 Å². The summed E-state index contributed by atoms with van der Waals surface area (Å²) in [6.07, 6.45) is 0. The van der Waals surface area contributed by atoms with Gasteiger partial charge in [0.25, 0.3) is 0 Å². The van der Waals surface area contributed by atoms with Crippen molar-refractivity contribution in [1.82, 2.24) is 0 Å². The third kappa shape index (κ3) is 6.42. The lowest BCUT2D eigenvalue weighted by molar-refractivity contribution is 1.30. The van der Waals surface area contributed by atoms with Crippen molar-refractivity contribution in [1.29, 1.82) is 0 Å². The highest BCUT2D eigenvalue weighted by molar-refractivity contribution is 6.22. The number of fused-ring (bicyclic) bond motifs is 7. The zero-order valence-electron chi connectivity index (χ0n) is 34.6. The van der Waals surface area contributed by atoms with Gasteiger partial charge in [0.05, 0.1) is 5.69 Å². The van der Waals surface area contributed by atoms with Crippen LogP contribution in [0.2, 0.25) is 0 Å². The molecule has 1 heteroatoms. The van der Waals surface area contributed by atoms with Crippen LogP contribution in [-0.4, -0.2) is 0 Å². The maximum absolute atomic E-state index is 2.41. The molecule has 0 aliphatic heterocycles. The van der Waals surface area contributed by atoms with Crippen LogP contribution < -0.4 is 4.90 Å². The summed E-state index contributed by atoms with van der Waals surface area (Å²) >= 11 is 0. The lowest BCUT2D eigenvalue weighted by Gasteiger charge is -2.27. The van der Waals surface area contributed by atoms with Crippen LogP contribution in [0.3, 0.4) is 0 Å². The smallest absolute Gasteiger partial charge is 0.0540 e. The highest BCUT2D eigenvalue weighted by Crippen LogP contribution is 2.46. The predicted molar refractivity (Wildman–Crippen MR) is 270 cm³/mol. The highest BCUT2D eigenvalue weighted by atomic mass is 15.1. The molecule has 0 radical (unpaired) electrons. The molecule has 12 rings (SSSR count). The van der Waals surface area contributed by atoms with Crippen molar-refractivity contribution >= 4 is 70.9 Å². The van der Waals surface area contributed by atoms with Crippen LogP contribution in [0.5, 0.6) is 0 Å². The van der Waals surface area contributed by atoms with Crippen molar-refractivity contribution in [3.63, 3.8) is 0 Å². The molecule has 63 heavy (non-hydrogen) atoms. The van der Waals surface area contributed by atoms with Crippen LogP contribution in [-0.2, 0) is 0 Å². The molecule has 0 aliphatic rings. The Morgan fingerprint density at radius 3 is 1.33 bits per heavy atom. The van der Waals surface area contributed by atoms with Crippen LogP contribution in [0.4, 0.5) is 17.1 Å².